The first-order valence-corrected chi connectivity index (χ1v) is 8.61. The maximum Gasteiger partial charge on any atom is 0.408 e. The summed E-state index contributed by atoms with van der Waals surface area (Å²) in [5.41, 5.74) is -0.649. The van der Waals surface area contributed by atoms with Crippen LogP contribution in [0.2, 0.25) is 0 Å². The fourth-order valence-corrected chi connectivity index (χ4v) is 2.34. The van der Waals surface area contributed by atoms with Crippen LogP contribution < -0.4 is 5.32 Å². The third-order valence-electron chi connectivity index (χ3n) is 2.75. The van der Waals surface area contributed by atoms with Gasteiger partial charge in [-0.05, 0) is 26.7 Å². The number of hydrogen-bond donors (Lipinski definition) is 1. The molecule has 1 amide bonds. The SMILES string of the molecule is COCCSc1nnc(C(=O)C(NC(=O)OC(C)(C)C)C(C)C)o1. The number of hydrogen-bond acceptors (Lipinski definition) is 8. The zero-order valence-corrected chi connectivity index (χ0v) is 15.7. The lowest BCUT2D eigenvalue weighted by Crippen LogP contribution is -2.46. The van der Waals surface area contributed by atoms with Crippen LogP contribution >= 0.6 is 11.8 Å². The fourth-order valence-electron chi connectivity index (χ4n) is 1.68. The molecule has 0 saturated heterocycles. The molecule has 0 radical (unpaired) electrons. The predicted octanol–water partition coefficient (Wildman–Crippen LogP) is 2.54. The first kappa shape index (κ1) is 20.4. The number of methoxy groups -OCH3 is 1. The molecule has 0 aliphatic carbocycles. The second-order valence-corrected chi connectivity index (χ2v) is 7.49. The minimum atomic E-state index is -0.808. The molecule has 1 unspecified atom stereocenters. The van der Waals surface area contributed by atoms with Crippen molar-refractivity contribution in [2.75, 3.05) is 19.5 Å². The van der Waals surface area contributed by atoms with E-state index in [-0.39, 0.29) is 17.0 Å². The zero-order valence-electron chi connectivity index (χ0n) is 14.9. The highest BCUT2D eigenvalue weighted by Gasteiger charge is 2.31. The first-order chi connectivity index (χ1) is 11.1. The quantitative estimate of drug-likeness (QED) is 0.429. The van der Waals surface area contributed by atoms with Gasteiger partial charge in [0, 0.05) is 12.9 Å². The van der Waals surface area contributed by atoms with E-state index in [0.29, 0.717) is 12.4 Å². The molecular weight excluding hydrogens is 334 g/mol. The van der Waals surface area contributed by atoms with Gasteiger partial charge in [-0.3, -0.25) is 4.79 Å². The second-order valence-electron chi connectivity index (χ2n) is 6.45. The molecule has 0 aliphatic heterocycles. The van der Waals surface area contributed by atoms with E-state index >= 15 is 0 Å². The Kier molecular flexibility index (Phi) is 7.68. The van der Waals surface area contributed by atoms with Crippen molar-refractivity contribution in [3.8, 4) is 0 Å². The Morgan fingerprint density at radius 3 is 2.50 bits per heavy atom. The molecule has 0 bridgehead atoms. The van der Waals surface area contributed by atoms with Crippen LogP contribution in [0.1, 0.15) is 45.3 Å². The average molecular weight is 359 g/mol. The summed E-state index contributed by atoms with van der Waals surface area (Å²) in [5.74, 6) is -0.107. The number of amides is 1. The normalized spacial score (nSPS) is 13.0. The summed E-state index contributed by atoms with van der Waals surface area (Å²) in [5, 5.41) is 10.4. The lowest BCUT2D eigenvalue weighted by Gasteiger charge is -2.24. The number of aromatic nitrogens is 2. The van der Waals surface area contributed by atoms with Crippen LogP contribution in [-0.4, -0.2) is 53.2 Å². The van der Waals surface area contributed by atoms with Crippen molar-refractivity contribution in [3.63, 3.8) is 0 Å². The van der Waals surface area contributed by atoms with Gasteiger partial charge in [0.1, 0.15) is 11.6 Å². The van der Waals surface area contributed by atoms with Crippen molar-refractivity contribution in [3.05, 3.63) is 5.89 Å². The smallest absolute Gasteiger partial charge is 0.408 e. The van der Waals surface area contributed by atoms with E-state index in [1.807, 2.05) is 13.8 Å². The number of alkyl carbamates (subject to hydrolysis) is 1. The Labute approximate surface area is 146 Å². The number of rotatable bonds is 8. The lowest BCUT2D eigenvalue weighted by atomic mass is 10.00. The van der Waals surface area contributed by atoms with Gasteiger partial charge in [0.25, 0.3) is 11.1 Å². The van der Waals surface area contributed by atoms with Gasteiger partial charge in [0.05, 0.1) is 6.61 Å². The first-order valence-electron chi connectivity index (χ1n) is 7.63. The van der Waals surface area contributed by atoms with Crippen LogP contribution in [0.25, 0.3) is 0 Å². The number of Topliss-reactive ketones (excluding diaryl/α,β-unsaturated/α-hetero) is 1. The van der Waals surface area contributed by atoms with E-state index in [4.69, 9.17) is 13.9 Å². The van der Waals surface area contributed by atoms with Crippen molar-refractivity contribution in [2.24, 2.45) is 5.92 Å². The van der Waals surface area contributed by atoms with E-state index in [2.05, 4.69) is 15.5 Å². The number of carbonyl (C=O) groups is 2. The minimum absolute atomic E-state index is 0.135. The molecule has 24 heavy (non-hydrogen) atoms. The van der Waals surface area contributed by atoms with Gasteiger partial charge in [0.2, 0.25) is 5.78 Å². The molecule has 0 saturated carbocycles. The number of nitrogens with zero attached hydrogens (tertiary/aromatic N) is 2. The summed E-state index contributed by atoms with van der Waals surface area (Å²) < 4.78 is 15.5. The van der Waals surface area contributed by atoms with Gasteiger partial charge in [-0.1, -0.05) is 25.6 Å². The van der Waals surface area contributed by atoms with Crippen LogP contribution in [-0.2, 0) is 9.47 Å². The zero-order chi connectivity index (χ0) is 18.3. The topological polar surface area (TPSA) is 104 Å². The van der Waals surface area contributed by atoms with Crippen LogP contribution in [0.4, 0.5) is 4.79 Å². The van der Waals surface area contributed by atoms with Crippen molar-refractivity contribution in [1.29, 1.82) is 0 Å². The third-order valence-corrected chi connectivity index (χ3v) is 3.53. The van der Waals surface area contributed by atoms with Gasteiger partial charge < -0.3 is 19.2 Å². The molecule has 1 aromatic rings. The summed E-state index contributed by atoms with van der Waals surface area (Å²) in [7, 11) is 1.60. The van der Waals surface area contributed by atoms with Crippen molar-refractivity contribution >= 4 is 23.6 Å². The molecule has 1 atom stereocenters. The van der Waals surface area contributed by atoms with Crippen LogP contribution in [0.5, 0.6) is 0 Å². The van der Waals surface area contributed by atoms with Crippen molar-refractivity contribution < 1.29 is 23.5 Å². The highest BCUT2D eigenvalue weighted by Crippen LogP contribution is 2.18. The van der Waals surface area contributed by atoms with E-state index in [1.54, 1.807) is 27.9 Å². The largest absolute Gasteiger partial charge is 0.444 e. The molecule has 9 heteroatoms. The summed E-state index contributed by atoms with van der Waals surface area (Å²) in [6.07, 6.45) is -0.663. The highest BCUT2D eigenvalue weighted by atomic mass is 32.2. The van der Waals surface area contributed by atoms with E-state index in [1.165, 1.54) is 11.8 Å². The number of ketones is 1. The standard InChI is InChI=1S/C15H25N3O5S/c1-9(2)10(16-13(20)23-15(3,4)5)11(19)12-17-18-14(22-12)24-8-7-21-6/h9-10H,7-8H2,1-6H3,(H,16,20). The molecule has 1 aromatic heterocycles. The number of ether oxygens (including phenoxy) is 2. The Morgan fingerprint density at radius 1 is 1.29 bits per heavy atom. The third kappa shape index (κ3) is 6.88. The minimum Gasteiger partial charge on any atom is -0.444 e. The highest BCUT2D eigenvalue weighted by molar-refractivity contribution is 7.99. The molecule has 1 N–H and O–H groups in total. The van der Waals surface area contributed by atoms with Crippen LogP contribution in [0.15, 0.2) is 9.64 Å². The number of thioether (sulfide) groups is 1. The molecule has 0 aromatic carbocycles. The van der Waals surface area contributed by atoms with Crippen LogP contribution in [0.3, 0.4) is 0 Å². The monoisotopic (exact) mass is 359 g/mol. The average Bonchev–Trinajstić information content (AvgIpc) is 2.91. The maximum atomic E-state index is 12.5. The van der Waals surface area contributed by atoms with Crippen LogP contribution in [0, 0.1) is 5.92 Å². The van der Waals surface area contributed by atoms with Gasteiger partial charge in [-0.2, -0.15) is 0 Å². The Balaban J connectivity index is 2.74. The summed E-state index contributed by atoms with van der Waals surface area (Å²) >= 11 is 1.30. The molecular formula is C15H25N3O5S. The molecule has 0 aliphatic rings. The number of carbonyl (C=O) groups excluding carboxylic acids is 2. The van der Waals surface area contributed by atoms with Crippen molar-refractivity contribution in [2.45, 2.75) is 51.5 Å². The molecule has 1 rings (SSSR count). The summed E-state index contributed by atoms with van der Waals surface area (Å²) in [6.45, 7) is 9.40. The molecule has 0 fully saturated rings. The van der Waals surface area contributed by atoms with Gasteiger partial charge in [-0.25, -0.2) is 4.79 Å². The Bertz CT molecular complexity index is 554. The lowest BCUT2D eigenvalue weighted by molar-refractivity contribution is 0.0471. The molecule has 0 spiro atoms. The predicted molar refractivity (Wildman–Crippen MR) is 89.2 cm³/mol. The van der Waals surface area contributed by atoms with Gasteiger partial charge in [0.15, 0.2) is 0 Å². The second kappa shape index (κ2) is 9.03. The summed E-state index contributed by atoms with van der Waals surface area (Å²) in [4.78, 5) is 24.4. The maximum absolute atomic E-state index is 12.5. The molecule has 1 heterocycles. The molecule has 136 valence electrons. The summed E-state index contributed by atoms with van der Waals surface area (Å²) in [6, 6.07) is -0.808. The Hall–Kier alpha value is -1.61. The Morgan fingerprint density at radius 2 is 1.96 bits per heavy atom. The van der Waals surface area contributed by atoms with E-state index < -0.39 is 23.5 Å². The molecule has 8 nitrogen and oxygen atoms in total. The van der Waals surface area contributed by atoms with Gasteiger partial charge in [-0.15, -0.1) is 10.2 Å². The van der Waals surface area contributed by atoms with Gasteiger partial charge >= 0.3 is 6.09 Å². The number of nitrogens with one attached hydrogen (secondary N) is 1. The van der Waals surface area contributed by atoms with E-state index in [9.17, 15) is 9.59 Å². The van der Waals surface area contributed by atoms with Crippen molar-refractivity contribution in [1.82, 2.24) is 15.5 Å². The fraction of sp³-hybridized carbons (Fsp3) is 0.733. The van der Waals surface area contributed by atoms with E-state index in [0.717, 1.165) is 0 Å².